The van der Waals surface area contributed by atoms with Crippen molar-refractivity contribution in [2.45, 2.75) is 52.2 Å². The fourth-order valence-corrected chi connectivity index (χ4v) is 4.67. The van der Waals surface area contributed by atoms with E-state index < -0.39 is 0 Å². The minimum Gasteiger partial charge on any atom is -0.346 e. The number of benzene rings is 2. The number of amides is 1. The van der Waals surface area contributed by atoms with Gasteiger partial charge < -0.3 is 14.5 Å². The Kier molecular flexibility index (Phi) is 4.46. The Hall–Kier alpha value is -3.41. The van der Waals surface area contributed by atoms with Crippen molar-refractivity contribution in [2.24, 2.45) is 0 Å². The van der Waals surface area contributed by atoms with Crippen LogP contribution in [0.15, 0.2) is 48.5 Å². The summed E-state index contributed by atoms with van der Waals surface area (Å²) in [5.41, 5.74) is 4.16. The van der Waals surface area contributed by atoms with Crippen LogP contribution in [0.2, 0.25) is 0 Å². The second-order valence-corrected chi connectivity index (χ2v) is 8.76. The second kappa shape index (κ2) is 7.08. The van der Waals surface area contributed by atoms with Gasteiger partial charge in [0.25, 0.3) is 5.91 Å². The third-order valence-corrected chi connectivity index (χ3v) is 6.39. The number of nitrogens with one attached hydrogen (secondary N) is 1. The summed E-state index contributed by atoms with van der Waals surface area (Å²) in [6, 6.07) is 15.9. The molecule has 0 spiro atoms. The molecule has 2 aromatic carbocycles. The van der Waals surface area contributed by atoms with Crippen molar-refractivity contribution in [1.82, 2.24) is 19.4 Å². The summed E-state index contributed by atoms with van der Waals surface area (Å²) in [6.45, 7) is 8.30. The quantitative estimate of drug-likeness (QED) is 0.493. The molecule has 0 radical (unpaired) electrons. The van der Waals surface area contributed by atoms with Crippen molar-refractivity contribution < 1.29 is 9.59 Å². The normalized spacial score (nSPS) is 18.5. The number of hydrogen-bond donors (Lipinski definition) is 1. The predicted molar refractivity (Wildman–Crippen MR) is 122 cm³/mol. The van der Waals surface area contributed by atoms with E-state index >= 15 is 0 Å². The molecule has 0 unspecified atom stereocenters. The molecule has 0 aliphatic carbocycles. The van der Waals surface area contributed by atoms with Crippen molar-refractivity contribution in [2.75, 3.05) is 0 Å². The molecule has 1 aliphatic rings. The van der Waals surface area contributed by atoms with Crippen LogP contribution < -0.4 is 5.32 Å². The first-order valence-corrected chi connectivity index (χ1v) is 10.8. The van der Waals surface area contributed by atoms with Gasteiger partial charge in [0.1, 0.15) is 11.5 Å². The van der Waals surface area contributed by atoms with Gasteiger partial charge >= 0.3 is 0 Å². The molecule has 0 bridgehead atoms. The topological polar surface area (TPSA) is 68.9 Å². The maximum atomic E-state index is 13.3. The number of ketones is 1. The zero-order valence-corrected chi connectivity index (χ0v) is 18.2. The number of para-hydroxylation sites is 2. The first kappa shape index (κ1) is 19.5. The summed E-state index contributed by atoms with van der Waals surface area (Å²) in [4.78, 5) is 30.5. The minimum absolute atomic E-state index is 0.0237. The number of rotatable bonds is 4. The molecule has 0 fully saturated rings. The first-order chi connectivity index (χ1) is 14.8. The van der Waals surface area contributed by atoms with Crippen molar-refractivity contribution in [3.05, 3.63) is 65.6 Å². The maximum Gasteiger partial charge on any atom is 0.268 e. The molecular formula is C25H26N4O2. The third kappa shape index (κ3) is 3.05. The Morgan fingerprint density at radius 3 is 2.65 bits per heavy atom. The lowest BCUT2D eigenvalue weighted by molar-refractivity contribution is 0.0891. The number of imidazole rings is 1. The molecule has 1 N–H and O–H groups in total. The molecule has 0 saturated heterocycles. The van der Waals surface area contributed by atoms with E-state index in [0.717, 1.165) is 27.8 Å². The van der Waals surface area contributed by atoms with E-state index in [9.17, 15) is 9.59 Å². The van der Waals surface area contributed by atoms with Crippen LogP contribution >= 0.6 is 0 Å². The minimum atomic E-state index is -0.0691. The zero-order chi connectivity index (χ0) is 21.9. The summed E-state index contributed by atoms with van der Waals surface area (Å²) in [6.07, 6.45) is 0.234. The molecule has 2 atom stereocenters. The predicted octanol–water partition coefficient (Wildman–Crippen LogP) is 4.69. The molecular weight excluding hydrogens is 388 g/mol. The molecule has 5 rings (SSSR count). The molecule has 6 nitrogen and oxygen atoms in total. The van der Waals surface area contributed by atoms with Crippen LogP contribution in [-0.4, -0.2) is 31.9 Å². The van der Waals surface area contributed by atoms with E-state index in [1.165, 1.54) is 0 Å². The van der Waals surface area contributed by atoms with Crippen molar-refractivity contribution in [3.63, 3.8) is 0 Å². The number of fused-ring (bicyclic) bond motifs is 4. The zero-order valence-electron chi connectivity index (χ0n) is 18.2. The van der Waals surface area contributed by atoms with Crippen LogP contribution in [0.3, 0.4) is 0 Å². The average molecular weight is 415 g/mol. The summed E-state index contributed by atoms with van der Waals surface area (Å²) in [5, 5.41) is 3.98. The molecule has 6 heteroatoms. The highest BCUT2D eigenvalue weighted by Crippen LogP contribution is 2.30. The Bertz CT molecular complexity index is 1340. The monoisotopic (exact) mass is 414 g/mol. The first-order valence-electron chi connectivity index (χ1n) is 10.8. The van der Waals surface area contributed by atoms with Crippen molar-refractivity contribution in [3.8, 4) is 0 Å². The number of hydrogen-bond acceptors (Lipinski definition) is 3. The van der Waals surface area contributed by atoms with E-state index in [-0.39, 0.29) is 36.2 Å². The lowest BCUT2D eigenvalue weighted by Crippen LogP contribution is -2.44. The van der Waals surface area contributed by atoms with Crippen molar-refractivity contribution in [1.29, 1.82) is 0 Å². The van der Waals surface area contributed by atoms with Crippen molar-refractivity contribution >= 4 is 33.6 Å². The van der Waals surface area contributed by atoms with Crippen LogP contribution in [0, 0.1) is 0 Å². The van der Waals surface area contributed by atoms with Crippen LogP contribution in [0.4, 0.5) is 0 Å². The van der Waals surface area contributed by atoms with Gasteiger partial charge in [0.2, 0.25) is 0 Å². The van der Waals surface area contributed by atoms with Crippen LogP contribution in [0.25, 0.3) is 21.9 Å². The van der Waals surface area contributed by atoms with Gasteiger partial charge in [-0.2, -0.15) is 0 Å². The number of nitrogens with zero attached hydrogens (tertiary/aromatic N) is 3. The molecule has 4 aromatic rings. The summed E-state index contributed by atoms with van der Waals surface area (Å²) >= 11 is 0. The van der Waals surface area contributed by atoms with E-state index in [4.69, 9.17) is 4.98 Å². The van der Waals surface area contributed by atoms with E-state index in [2.05, 4.69) is 35.2 Å². The van der Waals surface area contributed by atoms with Gasteiger partial charge in [0, 0.05) is 28.6 Å². The molecule has 1 amide bonds. The number of aromatic nitrogens is 3. The highest BCUT2D eigenvalue weighted by atomic mass is 16.2. The molecule has 2 aromatic heterocycles. The average Bonchev–Trinajstić information content (AvgIpc) is 3.30. The van der Waals surface area contributed by atoms with Gasteiger partial charge in [-0.05, 0) is 52.0 Å². The Morgan fingerprint density at radius 1 is 1.10 bits per heavy atom. The van der Waals surface area contributed by atoms with Crippen LogP contribution in [-0.2, 0) is 6.42 Å². The van der Waals surface area contributed by atoms with Gasteiger partial charge in [-0.15, -0.1) is 0 Å². The lowest BCUT2D eigenvalue weighted by Gasteiger charge is -2.30. The second-order valence-electron chi connectivity index (χ2n) is 8.76. The van der Waals surface area contributed by atoms with Crippen LogP contribution in [0.5, 0.6) is 0 Å². The molecule has 1 aliphatic heterocycles. The summed E-state index contributed by atoms with van der Waals surface area (Å²) in [5.74, 6) is 0.732. The van der Waals surface area contributed by atoms with Gasteiger partial charge in [-0.25, -0.2) is 4.98 Å². The third-order valence-electron chi connectivity index (χ3n) is 6.39. The highest BCUT2D eigenvalue weighted by molar-refractivity contribution is 6.04. The van der Waals surface area contributed by atoms with Gasteiger partial charge in [-0.1, -0.05) is 24.3 Å². The molecule has 31 heavy (non-hydrogen) atoms. The summed E-state index contributed by atoms with van der Waals surface area (Å²) < 4.78 is 4.19. The highest BCUT2D eigenvalue weighted by Gasteiger charge is 2.29. The van der Waals surface area contributed by atoms with Gasteiger partial charge in [0.15, 0.2) is 5.78 Å². The van der Waals surface area contributed by atoms with Gasteiger partial charge in [0.05, 0.1) is 23.5 Å². The molecule has 0 saturated carbocycles. The van der Waals surface area contributed by atoms with E-state index in [0.29, 0.717) is 11.3 Å². The Balaban J connectivity index is 1.55. The smallest absolute Gasteiger partial charge is 0.268 e. The summed E-state index contributed by atoms with van der Waals surface area (Å²) in [7, 11) is 0. The molecule has 3 heterocycles. The fourth-order valence-electron chi connectivity index (χ4n) is 4.67. The number of carbonyl (C=O) groups is 2. The standard InChI is InChI=1S/C25H26N4O2/c1-14(2)28-20-8-6-5-7-19(20)27-24(28)13-23(30)18-10-9-17-11-22-25(31)26-15(3)16(4)29(22)21(17)12-18/h5-12,14-16H,13H2,1-4H3,(H,26,31)/t15-,16+/m1/s1. The number of Topliss-reactive ketones (excluding diaryl/α,β-unsaturated/α-hetero) is 1. The maximum absolute atomic E-state index is 13.3. The van der Waals surface area contributed by atoms with E-state index in [1.807, 2.05) is 55.5 Å². The van der Waals surface area contributed by atoms with Crippen LogP contribution in [0.1, 0.15) is 66.4 Å². The SMILES string of the molecule is CC(C)n1c(CC(=O)c2ccc3cc4n(c3c2)[C@@H](C)[C@@H](C)NC4=O)nc2ccccc21. The number of carbonyl (C=O) groups excluding carboxylic acids is 2. The molecule has 158 valence electrons. The van der Waals surface area contributed by atoms with E-state index in [1.54, 1.807) is 0 Å². The Morgan fingerprint density at radius 2 is 1.87 bits per heavy atom. The van der Waals surface area contributed by atoms with Gasteiger partial charge in [-0.3, -0.25) is 9.59 Å². The fraction of sp³-hybridized carbons (Fsp3) is 0.320. The Labute approximate surface area is 180 Å². The lowest BCUT2D eigenvalue weighted by atomic mass is 10.1. The largest absolute Gasteiger partial charge is 0.346 e.